The lowest BCUT2D eigenvalue weighted by Gasteiger charge is -2.42. The van der Waals surface area contributed by atoms with Crippen molar-refractivity contribution >= 4 is 11.8 Å². The first-order valence-corrected chi connectivity index (χ1v) is 6.57. The Kier molecular flexibility index (Phi) is 2.65. The monoisotopic (exact) mass is 232 g/mol. The molecule has 2 fully saturated rings. The molecule has 2 bridgehead atoms. The Balaban J connectivity index is 1.83. The SMILES string of the molecule is Cc1cc(N2CC3CCCC(C3)C2)nc(N)n1. The molecule has 4 heteroatoms. The van der Waals surface area contributed by atoms with Crippen molar-refractivity contribution in [3.05, 3.63) is 11.8 Å². The van der Waals surface area contributed by atoms with Crippen molar-refractivity contribution in [2.45, 2.75) is 32.6 Å². The van der Waals surface area contributed by atoms with Gasteiger partial charge in [-0.2, -0.15) is 4.98 Å². The Morgan fingerprint density at radius 2 is 1.94 bits per heavy atom. The van der Waals surface area contributed by atoms with Crippen LogP contribution in [0.2, 0.25) is 0 Å². The average Bonchev–Trinajstić information content (AvgIpc) is 2.27. The molecular weight excluding hydrogens is 212 g/mol. The number of hydrogen-bond donors (Lipinski definition) is 1. The van der Waals surface area contributed by atoms with Gasteiger partial charge in [0.25, 0.3) is 0 Å². The highest BCUT2D eigenvalue weighted by atomic mass is 15.2. The summed E-state index contributed by atoms with van der Waals surface area (Å²) >= 11 is 0. The first kappa shape index (κ1) is 10.8. The van der Waals surface area contributed by atoms with Gasteiger partial charge >= 0.3 is 0 Å². The van der Waals surface area contributed by atoms with Crippen LogP contribution in [0.4, 0.5) is 11.8 Å². The van der Waals surface area contributed by atoms with Crippen molar-refractivity contribution in [2.75, 3.05) is 23.7 Å². The zero-order valence-electron chi connectivity index (χ0n) is 10.4. The van der Waals surface area contributed by atoms with E-state index >= 15 is 0 Å². The van der Waals surface area contributed by atoms with E-state index < -0.39 is 0 Å². The lowest BCUT2D eigenvalue weighted by atomic mass is 9.78. The molecule has 1 aromatic rings. The summed E-state index contributed by atoms with van der Waals surface area (Å²) < 4.78 is 0. The number of aryl methyl sites for hydroxylation is 1. The summed E-state index contributed by atoms with van der Waals surface area (Å²) in [6.07, 6.45) is 5.59. The van der Waals surface area contributed by atoms with Crippen molar-refractivity contribution in [3.63, 3.8) is 0 Å². The third-order valence-corrected chi connectivity index (χ3v) is 4.03. The van der Waals surface area contributed by atoms with E-state index in [1.165, 1.54) is 25.7 Å². The van der Waals surface area contributed by atoms with Gasteiger partial charge in [0.05, 0.1) is 0 Å². The predicted molar refractivity (Wildman–Crippen MR) is 68.8 cm³/mol. The van der Waals surface area contributed by atoms with E-state index in [1.807, 2.05) is 6.92 Å². The summed E-state index contributed by atoms with van der Waals surface area (Å²) in [5.41, 5.74) is 6.69. The molecule has 1 saturated carbocycles. The minimum absolute atomic E-state index is 0.399. The molecule has 1 aliphatic heterocycles. The fourth-order valence-electron chi connectivity index (χ4n) is 3.36. The molecule has 0 amide bonds. The number of rotatable bonds is 1. The predicted octanol–water partition coefficient (Wildman–Crippen LogP) is 1.99. The smallest absolute Gasteiger partial charge is 0.222 e. The van der Waals surface area contributed by atoms with Gasteiger partial charge in [0.2, 0.25) is 5.95 Å². The van der Waals surface area contributed by atoms with E-state index in [-0.39, 0.29) is 0 Å². The van der Waals surface area contributed by atoms with Crippen LogP contribution < -0.4 is 10.6 Å². The summed E-state index contributed by atoms with van der Waals surface area (Å²) in [5.74, 6) is 3.14. The number of aromatic nitrogens is 2. The van der Waals surface area contributed by atoms with Crippen molar-refractivity contribution in [1.29, 1.82) is 0 Å². The summed E-state index contributed by atoms with van der Waals surface area (Å²) in [6.45, 7) is 4.27. The van der Waals surface area contributed by atoms with Gasteiger partial charge in [-0.25, -0.2) is 4.98 Å². The van der Waals surface area contributed by atoms with Crippen molar-refractivity contribution < 1.29 is 0 Å². The highest BCUT2D eigenvalue weighted by Crippen LogP contribution is 2.35. The van der Waals surface area contributed by atoms with Crippen LogP contribution >= 0.6 is 0 Å². The minimum Gasteiger partial charge on any atom is -0.368 e. The van der Waals surface area contributed by atoms with Crippen molar-refractivity contribution in [1.82, 2.24) is 9.97 Å². The average molecular weight is 232 g/mol. The number of fused-ring (bicyclic) bond motifs is 2. The first-order chi connectivity index (χ1) is 8.20. The molecule has 1 aromatic heterocycles. The van der Waals surface area contributed by atoms with E-state index in [0.717, 1.165) is 36.4 Å². The molecule has 2 atom stereocenters. The Bertz CT molecular complexity index is 386. The van der Waals surface area contributed by atoms with Gasteiger partial charge in [-0.15, -0.1) is 0 Å². The molecule has 17 heavy (non-hydrogen) atoms. The maximum atomic E-state index is 5.73. The zero-order chi connectivity index (χ0) is 11.8. The van der Waals surface area contributed by atoms with Gasteiger partial charge in [0, 0.05) is 24.8 Å². The highest BCUT2D eigenvalue weighted by molar-refractivity contribution is 5.44. The zero-order valence-corrected chi connectivity index (χ0v) is 10.4. The summed E-state index contributed by atoms with van der Waals surface area (Å²) in [5, 5.41) is 0. The lowest BCUT2D eigenvalue weighted by molar-refractivity contribution is 0.230. The fourth-order valence-corrected chi connectivity index (χ4v) is 3.36. The molecule has 3 rings (SSSR count). The largest absolute Gasteiger partial charge is 0.368 e. The molecular formula is C13H20N4. The molecule has 0 radical (unpaired) electrons. The Morgan fingerprint density at radius 1 is 1.24 bits per heavy atom. The molecule has 1 saturated heterocycles. The minimum atomic E-state index is 0.399. The van der Waals surface area contributed by atoms with Crippen LogP contribution in [0.25, 0.3) is 0 Å². The lowest BCUT2D eigenvalue weighted by Crippen LogP contribution is -2.43. The Hall–Kier alpha value is -1.32. The van der Waals surface area contributed by atoms with E-state index in [9.17, 15) is 0 Å². The standard InChI is InChI=1S/C13H20N4/c1-9-5-12(16-13(14)15-9)17-7-10-3-2-4-11(6-10)8-17/h5,10-11H,2-4,6-8H2,1H3,(H2,14,15,16). The number of nitrogens with two attached hydrogens (primary N) is 1. The van der Waals surface area contributed by atoms with Crippen LogP contribution in [-0.2, 0) is 0 Å². The van der Waals surface area contributed by atoms with Crippen LogP contribution in [-0.4, -0.2) is 23.1 Å². The van der Waals surface area contributed by atoms with E-state index in [0.29, 0.717) is 5.95 Å². The van der Waals surface area contributed by atoms with Gasteiger partial charge in [-0.1, -0.05) is 6.42 Å². The number of hydrogen-bond acceptors (Lipinski definition) is 4. The van der Waals surface area contributed by atoms with Crippen LogP contribution in [0.15, 0.2) is 6.07 Å². The van der Waals surface area contributed by atoms with Crippen LogP contribution in [0.3, 0.4) is 0 Å². The number of piperidine rings is 1. The summed E-state index contributed by atoms with van der Waals surface area (Å²) in [7, 11) is 0. The van der Waals surface area contributed by atoms with Crippen LogP contribution in [0, 0.1) is 18.8 Å². The van der Waals surface area contributed by atoms with E-state index in [4.69, 9.17) is 5.73 Å². The summed E-state index contributed by atoms with van der Waals surface area (Å²) in [4.78, 5) is 10.9. The molecule has 0 spiro atoms. The van der Waals surface area contributed by atoms with Gasteiger partial charge in [-0.05, 0) is 38.0 Å². The molecule has 2 aliphatic rings. The topological polar surface area (TPSA) is 55.0 Å². The Morgan fingerprint density at radius 3 is 2.59 bits per heavy atom. The van der Waals surface area contributed by atoms with E-state index in [1.54, 1.807) is 0 Å². The molecule has 2 heterocycles. The first-order valence-electron chi connectivity index (χ1n) is 6.57. The maximum Gasteiger partial charge on any atom is 0.222 e. The molecule has 2 unspecified atom stereocenters. The maximum absolute atomic E-state index is 5.73. The van der Waals surface area contributed by atoms with Crippen LogP contribution in [0.5, 0.6) is 0 Å². The highest BCUT2D eigenvalue weighted by Gasteiger charge is 2.31. The van der Waals surface area contributed by atoms with Crippen molar-refractivity contribution in [3.8, 4) is 0 Å². The van der Waals surface area contributed by atoms with Gasteiger partial charge < -0.3 is 10.6 Å². The quantitative estimate of drug-likeness (QED) is 0.804. The van der Waals surface area contributed by atoms with Crippen LogP contribution in [0.1, 0.15) is 31.4 Å². The number of nitrogen functional groups attached to an aromatic ring is 1. The molecule has 2 N–H and O–H groups in total. The second-order valence-electron chi connectivity index (χ2n) is 5.53. The number of anilines is 2. The van der Waals surface area contributed by atoms with Gasteiger partial charge in [-0.3, -0.25) is 0 Å². The second kappa shape index (κ2) is 4.17. The van der Waals surface area contributed by atoms with Gasteiger partial charge in [0.1, 0.15) is 5.82 Å². The third kappa shape index (κ3) is 2.21. The molecule has 0 aromatic carbocycles. The molecule has 4 nitrogen and oxygen atoms in total. The third-order valence-electron chi connectivity index (χ3n) is 4.03. The van der Waals surface area contributed by atoms with E-state index in [2.05, 4.69) is 20.9 Å². The molecule has 1 aliphatic carbocycles. The normalized spacial score (nSPS) is 28.2. The fraction of sp³-hybridized carbons (Fsp3) is 0.692. The number of nitrogens with zero attached hydrogens (tertiary/aromatic N) is 3. The second-order valence-corrected chi connectivity index (χ2v) is 5.53. The molecule has 92 valence electrons. The van der Waals surface area contributed by atoms with Gasteiger partial charge in [0.15, 0.2) is 0 Å². The Labute approximate surface area is 102 Å². The van der Waals surface area contributed by atoms with Crippen molar-refractivity contribution in [2.24, 2.45) is 11.8 Å². The summed E-state index contributed by atoms with van der Waals surface area (Å²) in [6, 6.07) is 2.05.